The summed E-state index contributed by atoms with van der Waals surface area (Å²) in [4.78, 5) is 28.6. The van der Waals surface area contributed by atoms with Crippen LogP contribution in [0.1, 0.15) is 19.3 Å². The highest BCUT2D eigenvalue weighted by Crippen LogP contribution is 2.43. The highest BCUT2D eigenvalue weighted by Gasteiger charge is 2.21. The van der Waals surface area contributed by atoms with E-state index in [-0.39, 0.29) is 25.2 Å². The number of benzene rings is 2. The van der Waals surface area contributed by atoms with Gasteiger partial charge in [0.1, 0.15) is 0 Å². The zero-order valence-electron chi connectivity index (χ0n) is 19.4. The molecule has 0 aliphatic heterocycles. The summed E-state index contributed by atoms with van der Waals surface area (Å²) >= 11 is 0. The first-order chi connectivity index (χ1) is 16.4. The summed E-state index contributed by atoms with van der Waals surface area (Å²) in [6.07, 6.45) is 1.73. The summed E-state index contributed by atoms with van der Waals surface area (Å²) in [7, 11) is 5.95. The number of carbonyl (C=O) groups is 2. The summed E-state index contributed by atoms with van der Waals surface area (Å²) in [5.74, 6) is 0.541. The van der Waals surface area contributed by atoms with Gasteiger partial charge in [-0.05, 0) is 36.2 Å². The Balaban J connectivity index is 1.96. The smallest absolute Gasteiger partial charge is 0.303 e. The molecular formula is C24H26N2O8. The average Bonchev–Trinajstić information content (AvgIpc) is 3.33. The number of hydroxylamine groups is 1. The number of carboxylic acid groups (broad SMARTS) is 1. The molecule has 180 valence electrons. The number of carboxylic acids is 1. The lowest BCUT2D eigenvalue weighted by atomic mass is 10.0. The van der Waals surface area contributed by atoms with Gasteiger partial charge >= 0.3 is 5.97 Å². The van der Waals surface area contributed by atoms with E-state index in [1.54, 1.807) is 36.5 Å². The normalized spacial score (nSPS) is 10.6. The number of ether oxygens (including phenoxy) is 3. The molecule has 1 heterocycles. The van der Waals surface area contributed by atoms with Crippen LogP contribution in [0.25, 0.3) is 22.5 Å². The molecule has 3 rings (SSSR count). The predicted octanol–water partition coefficient (Wildman–Crippen LogP) is 4.18. The van der Waals surface area contributed by atoms with E-state index in [1.807, 2.05) is 6.07 Å². The fourth-order valence-corrected chi connectivity index (χ4v) is 3.51. The van der Waals surface area contributed by atoms with Gasteiger partial charge < -0.3 is 23.8 Å². The minimum Gasteiger partial charge on any atom is -0.493 e. The maximum absolute atomic E-state index is 12.6. The van der Waals surface area contributed by atoms with Crippen molar-refractivity contribution in [3.63, 3.8) is 0 Å². The number of amides is 1. The molecule has 1 aromatic heterocycles. The van der Waals surface area contributed by atoms with Crippen LogP contribution in [0.15, 0.2) is 47.1 Å². The SMILES string of the molecule is COc1cc(-c2oncc2-c2cccc(N(OC)C(=O)CCCC(=O)O)c2)cc(OC)c1OC. The van der Waals surface area contributed by atoms with Crippen molar-refractivity contribution in [2.45, 2.75) is 19.3 Å². The minimum absolute atomic E-state index is 0.0360. The van der Waals surface area contributed by atoms with Crippen LogP contribution >= 0.6 is 0 Å². The fourth-order valence-electron chi connectivity index (χ4n) is 3.51. The molecule has 0 radical (unpaired) electrons. The van der Waals surface area contributed by atoms with E-state index in [2.05, 4.69) is 5.16 Å². The van der Waals surface area contributed by atoms with Crippen molar-refractivity contribution in [3.8, 4) is 39.7 Å². The molecule has 34 heavy (non-hydrogen) atoms. The third kappa shape index (κ3) is 5.29. The average molecular weight is 470 g/mol. The van der Waals surface area contributed by atoms with E-state index >= 15 is 0 Å². The summed E-state index contributed by atoms with van der Waals surface area (Å²) in [6, 6.07) is 10.6. The Morgan fingerprint density at radius 1 is 0.971 bits per heavy atom. The van der Waals surface area contributed by atoms with Gasteiger partial charge in [-0.3, -0.25) is 14.4 Å². The molecule has 0 saturated heterocycles. The number of carbonyl (C=O) groups excluding carboxylic acids is 1. The molecule has 1 amide bonds. The van der Waals surface area contributed by atoms with Crippen molar-refractivity contribution in [2.75, 3.05) is 33.5 Å². The number of aromatic nitrogens is 1. The van der Waals surface area contributed by atoms with Crippen molar-refractivity contribution < 1.29 is 38.3 Å². The minimum atomic E-state index is -0.953. The molecule has 0 bridgehead atoms. The lowest BCUT2D eigenvalue weighted by Gasteiger charge is -2.20. The zero-order chi connectivity index (χ0) is 24.7. The maximum atomic E-state index is 12.6. The standard InChI is InChI=1S/C24H26N2O8/c1-30-19-12-16(13-20(31-2)24(19)32-3)23-18(14-25-34-23)15-7-5-8-17(11-15)26(33-4)21(27)9-6-10-22(28)29/h5,7-8,11-14H,6,9-10H2,1-4H3,(H,28,29). The second kappa shape index (κ2) is 11.2. The number of rotatable bonds is 11. The fraction of sp³-hybridized carbons (Fsp3) is 0.292. The Kier molecular flexibility index (Phi) is 8.10. The molecule has 1 N–H and O–H groups in total. The lowest BCUT2D eigenvalue weighted by Crippen LogP contribution is -2.29. The Morgan fingerprint density at radius 3 is 2.26 bits per heavy atom. The molecule has 0 fully saturated rings. The number of methoxy groups -OCH3 is 3. The van der Waals surface area contributed by atoms with E-state index in [1.165, 1.54) is 28.4 Å². The molecule has 0 aliphatic rings. The monoisotopic (exact) mass is 470 g/mol. The number of nitrogens with zero attached hydrogens (tertiary/aromatic N) is 2. The second-order valence-electron chi connectivity index (χ2n) is 7.15. The van der Waals surface area contributed by atoms with Crippen molar-refractivity contribution >= 4 is 17.6 Å². The van der Waals surface area contributed by atoms with Crippen molar-refractivity contribution in [1.29, 1.82) is 0 Å². The first kappa shape index (κ1) is 24.6. The largest absolute Gasteiger partial charge is 0.493 e. The molecule has 0 spiro atoms. The molecule has 10 nitrogen and oxygen atoms in total. The van der Waals surface area contributed by atoms with Gasteiger partial charge in [-0.15, -0.1) is 0 Å². The predicted molar refractivity (Wildman–Crippen MR) is 123 cm³/mol. The van der Waals surface area contributed by atoms with Gasteiger partial charge in [0.2, 0.25) is 5.75 Å². The Hall–Kier alpha value is -4.05. The Morgan fingerprint density at radius 2 is 1.68 bits per heavy atom. The van der Waals surface area contributed by atoms with Crippen LogP contribution in [0.2, 0.25) is 0 Å². The van der Waals surface area contributed by atoms with Gasteiger partial charge in [0, 0.05) is 24.0 Å². The van der Waals surface area contributed by atoms with E-state index in [0.29, 0.717) is 39.8 Å². The summed E-state index contributed by atoms with van der Waals surface area (Å²) in [5.41, 5.74) is 2.53. The third-order valence-electron chi connectivity index (χ3n) is 5.08. The van der Waals surface area contributed by atoms with Crippen LogP contribution in [0.3, 0.4) is 0 Å². The van der Waals surface area contributed by atoms with Gasteiger partial charge in [-0.2, -0.15) is 5.06 Å². The molecule has 0 aliphatic carbocycles. The van der Waals surface area contributed by atoms with Crippen LogP contribution in [0.5, 0.6) is 17.2 Å². The van der Waals surface area contributed by atoms with Crippen LogP contribution < -0.4 is 19.3 Å². The van der Waals surface area contributed by atoms with Gasteiger partial charge in [0.15, 0.2) is 17.3 Å². The maximum Gasteiger partial charge on any atom is 0.303 e. The third-order valence-corrected chi connectivity index (χ3v) is 5.08. The zero-order valence-corrected chi connectivity index (χ0v) is 19.4. The summed E-state index contributed by atoms with van der Waals surface area (Å²) < 4.78 is 21.8. The number of anilines is 1. The van der Waals surface area contributed by atoms with Gasteiger partial charge in [0.05, 0.1) is 40.3 Å². The molecule has 10 heteroatoms. The number of hydrogen-bond acceptors (Lipinski definition) is 8. The van der Waals surface area contributed by atoms with Crippen LogP contribution in [-0.4, -0.2) is 50.6 Å². The first-order valence-electron chi connectivity index (χ1n) is 10.4. The summed E-state index contributed by atoms with van der Waals surface area (Å²) in [6.45, 7) is 0. The number of hydrogen-bond donors (Lipinski definition) is 1. The highest BCUT2D eigenvalue weighted by molar-refractivity contribution is 5.93. The van der Waals surface area contributed by atoms with Crippen molar-refractivity contribution in [3.05, 3.63) is 42.6 Å². The molecule has 0 atom stereocenters. The van der Waals surface area contributed by atoms with E-state index in [0.717, 1.165) is 10.6 Å². The first-order valence-corrected chi connectivity index (χ1v) is 10.4. The van der Waals surface area contributed by atoms with Crippen LogP contribution in [-0.2, 0) is 14.4 Å². The molecular weight excluding hydrogens is 444 g/mol. The Bertz CT molecular complexity index is 1130. The van der Waals surface area contributed by atoms with Crippen molar-refractivity contribution in [2.24, 2.45) is 0 Å². The van der Waals surface area contributed by atoms with E-state index < -0.39 is 5.97 Å². The van der Waals surface area contributed by atoms with Crippen LogP contribution in [0.4, 0.5) is 5.69 Å². The highest BCUT2D eigenvalue weighted by atomic mass is 16.7. The summed E-state index contributed by atoms with van der Waals surface area (Å²) in [5, 5.41) is 13.9. The lowest BCUT2D eigenvalue weighted by molar-refractivity contribution is -0.137. The van der Waals surface area contributed by atoms with Gasteiger partial charge in [0.25, 0.3) is 5.91 Å². The van der Waals surface area contributed by atoms with Crippen molar-refractivity contribution in [1.82, 2.24) is 5.16 Å². The quantitative estimate of drug-likeness (QED) is 0.411. The Labute approximate surface area is 196 Å². The second-order valence-corrected chi connectivity index (χ2v) is 7.15. The molecule has 2 aromatic carbocycles. The topological polar surface area (TPSA) is 121 Å². The number of aliphatic carboxylic acids is 1. The van der Waals surface area contributed by atoms with Crippen LogP contribution in [0, 0.1) is 0 Å². The molecule has 3 aromatic rings. The van der Waals surface area contributed by atoms with Gasteiger partial charge in [-0.25, -0.2) is 0 Å². The molecule has 0 unspecified atom stereocenters. The van der Waals surface area contributed by atoms with E-state index in [4.69, 9.17) is 28.7 Å². The molecule has 0 saturated carbocycles. The van der Waals surface area contributed by atoms with Gasteiger partial charge in [-0.1, -0.05) is 17.3 Å². The van der Waals surface area contributed by atoms with E-state index in [9.17, 15) is 9.59 Å².